The molecule has 0 aliphatic carbocycles. The largest absolute Gasteiger partial charge is 0.496 e. The van der Waals surface area contributed by atoms with Gasteiger partial charge in [0.15, 0.2) is 0 Å². The standard InChI is InChI=1S/C19H11FI3NO4S/c1-28-12-6-11(21)14(16(23)15(12)22)17(25)24-18-13(19(26)27)10(7-29-18)8-3-2-4-9(20)5-8/h2-7H,1H3,(H,24,25)(H,26,27). The van der Waals surface area contributed by atoms with Crippen molar-refractivity contribution >= 4 is 96.0 Å². The SMILES string of the molecule is COc1cc(I)c(C(=O)Nc2scc(-c3cccc(F)c3)c2C(=O)O)c(I)c1I. The molecule has 1 aromatic heterocycles. The summed E-state index contributed by atoms with van der Waals surface area (Å²) in [7, 11) is 1.56. The number of anilines is 1. The molecule has 0 spiro atoms. The molecule has 0 saturated heterocycles. The molecule has 0 atom stereocenters. The molecule has 3 rings (SSSR count). The molecule has 150 valence electrons. The highest BCUT2D eigenvalue weighted by Gasteiger charge is 2.25. The molecule has 0 saturated carbocycles. The van der Waals surface area contributed by atoms with E-state index in [2.05, 4.69) is 50.5 Å². The van der Waals surface area contributed by atoms with E-state index in [9.17, 15) is 19.1 Å². The second-order valence-corrected chi connectivity index (χ2v) is 9.89. The summed E-state index contributed by atoms with van der Waals surface area (Å²) in [4.78, 5) is 24.9. The summed E-state index contributed by atoms with van der Waals surface area (Å²) in [5.74, 6) is -1.43. The number of methoxy groups -OCH3 is 1. The van der Waals surface area contributed by atoms with Crippen LogP contribution in [0.25, 0.3) is 11.1 Å². The Hall–Kier alpha value is -1.000. The minimum atomic E-state index is -1.20. The fourth-order valence-electron chi connectivity index (χ4n) is 2.63. The number of benzene rings is 2. The van der Waals surface area contributed by atoms with Crippen LogP contribution >= 0.6 is 79.1 Å². The molecule has 0 radical (unpaired) electrons. The van der Waals surface area contributed by atoms with Gasteiger partial charge in [-0.15, -0.1) is 11.3 Å². The van der Waals surface area contributed by atoms with Gasteiger partial charge in [0.25, 0.3) is 5.91 Å². The van der Waals surface area contributed by atoms with E-state index in [4.69, 9.17) is 4.74 Å². The summed E-state index contributed by atoms with van der Waals surface area (Å²) >= 11 is 7.30. The van der Waals surface area contributed by atoms with Crippen molar-refractivity contribution in [3.05, 3.63) is 63.4 Å². The zero-order valence-corrected chi connectivity index (χ0v) is 21.8. The van der Waals surface area contributed by atoms with E-state index in [1.54, 1.807) is 24.6 Å². The van der Waals surface area contributed by atoms with Crippen molar-refractivity contribution in [2.45, 2.75) is 0 Å². The lowest BCUT2D eigenvalue weighted by atomic mass is 10.0. The van der Waals surface area contributed by atoms with E-state index >= 15 is 0 Å². The monoisotopic (exact) mass is 749 g/mol. The summed E-state index contributed by atoms with van der Waals surface area (Å²) in [6.45, 7) is 0. The van der Waals surface area contributed by atoms with Gasteiger partial charge in [-0.3, -0.25) is 4.79 Å². The minimum Gasteiger partial charge on any atom is -0.496 e. The predicted octanol–water partition coefficient (Wildman–Crippen LogP) is 6.33. The van der Waals surface area contributed by atoms with E-state index in [0.29, 0.717) is 29.6 Å². The lowest BCUT2D eigenvalue weighted by Crippen LogP contribution is -2.17. The summed E-state index contributed by atoms with van der Waals surface area (Å²) in [6.07, 6.45) is 0. The Kier molecular flexibility index (Phi) is 7.37. The molecule has 0 aliphatic rings. The van der Waals surface area contributed by atoms with Gasteiger partial charge in [0, 0.05) is 18.1 Å². The number of amides is 1. The fraction of sp³-hybridized carbons (Fsp3) is 0.0526. The van der Waals surface area contributed by atoms with Crippen LogP contribution in [0.5, 0.6) is 5.75 Å². The number of thiophene rings is 1. The van der Waals surface area contributed by atoms with Crippen molar-refractivity contribution in [1.29, 1.82) is 0 Å². The quantitative estimate of drug-likeness (QED) is 0.237. The maximum atomic E-state index is 13.6. The smallest absolute Gasteiger partial charge is 0.339 e. The van der Waals surface area contributed by atoms with Gasteiger partial charge in [0.2, 0.25) is 0 Å². The highest BCUT2D eigenvalue weighted by Crippen LogP contribution is 2.37. The second-order valence-electron chi connectivity index (χ2n) is 5.69. The van der Waals surface area contributed by atoms with Gasteiger partial charge >= 0.3 is 5.97 Å². The first-order valence-electron chi connectivity index (χ1n) is 7.88. The Bertz CT molecular complexity index is 1130. The molecular formula is C19H11FI3NO4S. The third-order valence-electron chi connectivity index (χ3n) is 3.94. The first-order valence-corrected chi connectivity index (χ1v) is 12.0. The summed E-state index contributed by atoms with van der Waals surface area (Å²) in [5.41, 5.74) is 1.16. The van der Waals surface area contributed by atoms with Gasteiger partial charge in [0.05, 0.1) is 16.2 Å². The molecule has 1 amide bonds. The maximum Gasteiger partial charge on any atom is 0.339 e. The molecule has 3 aromatic rings. The van der Waals surface area contributed by atoms with E-state index in [1.807, 2.05) is 22.6 Å². The van der Waals surface area contributed by atoms with Crippen LogP contribution in [0.3, 0.4) is 0 Å². The Morgan fingerprint density at radius 3 is 2.48 bits per heavy atom. The third kappa shape index (κ3) is 4.69. The van der Waals surface area contributed by atoms with E-state index in [-0.39, 0.29) is 10.6 Å². The van der Waals surface area contributed by atoms with Gasteiger partial charge < -0.3 is 15.2 Å². The molecule has 0 bridgehead atoms. The summed E-state index contributed by atoms with van der Waals surface area (Å²) < 4.78 is 21.1. The number of ether oxygens (including phenoxy) is 1. The first-order chi connectivity index (χ1) is 13.7. The lowest BCUT2D eigenvalue weighted by molar-refractivity contribution is 0.0699. The number of aromatic carboxylic acids is 1. The highest BCUT2D eigenvalue weighted by molar-refractivity contribution is 14.1. The van der Waals surface area contributed by atoms with Crippen LogP contribution < -0.4 is 10.1 Å². The van der Waals surface area contributed by atoms with Crippen LogP contribution in [-0.2, 0) is 0 Å². The number of nitrogens with one attached hydrogen (secondary N) is 1. The van der Waals surface area contributed by atoms with Crippen molar-refractivity contribution in [3.63, 3.8) is 0 Å². The van der Waals surface area contributed by atoms with Crippen LogP contribution in [-0.4, -0.2) is 24.1 Å². The molecular weight excluding hydrogens is 738 g/mol. The van der Waals surface area contributed by atoms with Crippen molar-refractivity contribution in [1.82, 2.24) is 0 Å². The average molecular weight is 749 g/mol. The van der Waals surface area contributed by atoms with Gasteiger partial charge in [-0.25, -0.2) is 9.18 Å². The Balaban J connectivity index is 2.03. The molecule has 0 aliphatic heterocycles. The van der Waals surface area contributed by atoms with Crippen LogP contribution in [0.4, 0.5) is 9.39 Å². The number of hydrogen-bond donors (Lipinski definition) is 2. The van der Waals surface area contributed by atoms with Gasteiger partial charge in [-0.2, -0.15) is 0 Å². The first kappa shape index (κ1) is 22.7. The zero-order valence-electron chi connectivity index (χ0n) is 14.6. The minimum absolute atomic E-state index is 0.0674. The lowest BCUT2D eigenvalue weighted by Gasteiger charge is -2.13. The molecule has 10 heteroatoms. The molecule has 1 heterocycles. The molecule has 29 heavy (non-hydrogen) atoms. The Labute approximate surface area is 210 Å². The van der Waals surface area contributed by atoms with Crippen LogP contribution in [0.1, 0.15) is 20.7 Å². The number of halogens is 4. The topological polar surface area (TPSA) is 75.6 Å². The van der Waals surface area contributed by atoms with Crippen LogP contribution in [0, 0.1) is 16.5 Å². The molecule has 2 N–H and O–H groups in total. The van der Waals surface area contributed by atoms with Crippen molar-refractivity contribution < 1.29 is 23.8 Å². The number of carboxylic acids is 1. The van der Waals surface area contributed by atoms with Crippen LogP contribution in [0.15, 0.2) is 35.7 Å². The fourth-order valence-corrected chi connectivity index (χ4v) is 6.34. The van der Waals surface area contributed by atoms with Gasteiger partial charge in [0.1, 0.15) is 22.1 Å². The summed E-state index contributed by atoms with van der Waals surface area (Å²) in [5, 5.41) is 14.2. The Morgan fingerprint density at radius 1 is 1.14 bits per heavy atom. The van der Waals surface area contributed by atoms with Crippen molar-refractivity contribution in [3.8, 4) is 16.9 Å². The molecule has 0 unspecified atom stereocenters. The van der Waals surface area contributed by atoms with E-state index in [0.717, 1.165) is 14.9 Å². The molecule has 2 aromatic carbocycles. The number of rotatable bonds is 5. The zero-order chi connectivity index (χ0) is 21.3. The van der Waals surface area contributed by atoms with Crippen LogP contribution in [0.2, 0.25) is 0 Å². The van der Waals surface area contributed by atoms with Crippen molar-refractivity contribution in [2.75, 3.05) is 12.4 Å². The van der Waals surface area contributed by atoms with Gasteiger partial charge in [-0.05, 0) is 91.5 Å². The third-order valence-corrected chi connectivity index (χ3v) is 8.87. The number of carbonyl (C=O) groups is 2. The Morgan fingerprint density at radius 2 is 1.86 bits per heavy atom. The average Bonchev–Trinajstić information content (AvgIpc) is 3.08. The highest BCUT2D eigenvalue weighted by atomic mass is 127. The molecule has 0 fully saturated rings. The normalized spacial score (nSPS) is 10.7. The number of hydrogen-bond acceptors (Lipinski definition) is 4. The maximum absolute atomic E-state index is 13.6. The number of carboxylic acid groups (broad SMARTS) is 1. The second kappa shape index (κ2) is 9.43. The van der Waals surface area contributed by atoms with E-state index in [1.165, 1.54) is 18.2 Å². The van der Waals surface area contributed by atoms with E-state index < -0.39 is 17.7 Å². The van der Waals surface area contributed by atoms with Gasteiger partial charge in [-0.1, -0.05) is 12.1 Å². The number of carbonyl (C=O) groups excluding carboxylic acids is 1. The summed E-state index contributed by atoms with van der Waals surface area (Å²) in [6, 6.07) is 7.44. The van der Waals surface area contributed by atoms with Crippen molar-refractivity contribution in [2.24, 2.45) is 0 Å². The molecule has 5 nitrogen and oxygen atoms in total. The predicted molar refractivity (Wildman–Crippen MR) is 136 cm³/mol.